The molecule has 6 nitrogen and oxygen atoms in total. The van der Waals surface area contributed by atoms with Gasteiger partial charge in [0.15, 0.2) is 5.84 Å². The summed E-state index contributed by atoms with van der Waals surface area (Å²) in [7, 11) is 0. The summed E-state index contributed by atoms with van der Waals surface area (Å²) in [5.41, 5.74) is 5.10. The molecule has 0 aliphatic heterocycles. The third kappa shape index (κ3) is 3.29. The van der Waals surface area contributed by atoms with Crippen molar-refractivity contribution in [2.45, 2.75) is 37.6 Å². The average molecular weight is 356 g/mol. The van der Waals surface area contributed by atoms with Crippen LogP contribution in [0.25, 0.3) is 0 Å². The fraction of sp³-hybridized carbons (Fsp3) is 0.429. The molecule has 5 N–H and O–H groups in total. The Morgan fingerprint density at radius 3 is 2.57 bits per heavy atom. The molecule has 0 unspecified atom stereocenters. The lowest BCUT2D eigenvalue weighted by Gasteiger charge is -2.36. The van der Waals surface area contributed by atoms with E-state index in [1.54, 1.807) is 6.07 Å². The summed E-state index contributed by atoms with van der Waals surface area (Å²) in [6, 6.07) is 4.65. The second kappa shape index (κ2) is 6.34. The number of benzene rings is 1. The number of oxime groups is 1. The van der Waals surface area contributed by atoms with E-state index in [0.717, 1.165) is 19.3 Å². The van der Waals surface area contributed by atoms with Crippen molar-refractivity contribution in [2.75, 3.05) is 0 Å². The molecule has 1 fully saturated rings. The molecular formula is C14H18BrN3O3. The van der Waals surface area contributed by atoms with Crippen LogP contribution in [-0.4, -0.2) is 27.6 Å². The van der Waals surface area contributed by atoms with Gasteiger partial charge in [-0.05, 0) is 31.0 Å². The molecule has 2 rings (SSSR count). The highest BCUT2D eigenvalue weighted by molar-refractivity contribution is 9.10. The lowest BCUT2D eigenvalue weighted by molar-refractivity contribution is 0.0903. The second-order valence-electron chi connectivity index (χ2n) is 5.24. The van der Waals surface area contributed by atoms with Crippen molar-refractivity contribution >= 4 is 27.7 Å². The minimum Gasteiger partial charge on any atom is -0.507 e. The second-order valence-corrected chi connectivity index (χ2v) is 6.16. The topological polar surface area (TPSA) is 108 Å². The van der Waals surface area contributed by atoms with Crippen molar-refractivity contribution < 1.29 is 15.1 Å². The van der Waals surface area contributed by atoms with Gasteiger partial charge in [-0.1, -0.05) is 40.3 Å². The molecule has 0 heterocycles. The number of nitrogens with zero attached hydrogens (tertiary/aromatic N) is 1. The van der Waals surface area contributed by atoms with E-state index in [1.165, 1.54) is 12.1 Å². The van der Waals surface area contributed by atoms with Gasteiger partial charge < -0.3 is 21.4 Å². The lowest BCUT2D eigenvalue weighted by Crippen LogP contribution is -2.58. The Bertz CT molecular complexity index is 569. The normalized spacial score (nSPS) is 18.2. The zero-order valence-corrected chi connectivity index (χ0v) is 13.1. The van der Waals surface area contributed by atoms with E-state index in [2.05, 4.69) is 26.4 Å². The highest BCUT2D eigenvalue weighted by Gasteiger charge is 2.38. The van der Waals surface area contributed by atoms with Gasteiger partial charge in [-0.3, -0.25) is 4.79 Å². The van der Waals surface area contributed by atoms with Crippen LogP contribution in [0.15, 0.2) is 27.8 Å². The summed E-state index contributed by atoms with van der Waals surface area (Å²) in [6.45, 7) is 0. The number of amides is 1. The van der Waals surface area contributed by atoms with Gasteiger partial charge >= 0.3 is 0 Å². The van der Waals surface area contributed by atoms with E-state index in [0.29, 0.717) is 17.3 Å². The average Bonchev–Trinajstić information content (AvgIpc) is 2.47. The number of phenolic OH excluding ortho intramolecular Hbond substituents is 1. The highest BCUT2D eigenvalue weighted by atomic mass is 79.9. The molecule has 0 atom stereocenters. The van der Waals surface area contributed by atoms with Crippen molar-refractivity contribution in [2.24, 2.45) is 10.9 Å². The number of rotatable bonds is 3. The molecule has 1 aliphatic rings. The third-order valence-electron chi connectivity index (χ3n) is 3.86. The molecule has 114 valence electrons. The van der Waals surface area contributed by atoms with Gasteiger partial charge in [-0.15, -0.1) is 0 Å². The van der Waals surface area contributed by atoms with Gasteiger partial charge in [0.05, 0.1) is 5.56 Å². The van der Waals surface area contributed by atoms with Crippen molar-refractivity contribution in [1.82, 2.24) is 5.32 Å². The van der Waals surface area contributed by atoms with Gasteiger partial charge in [-0.25, -0.2) is 0 Å². The van der Waals surface area contributed by atoms with E-state index in [1.807, 2.05) is 0 Å². The minimum absolute atomic E-state index is 0.00662. The van der Waals surface area contributed by atoms with Crippen LogP contribution >= 0.6 is 15.9 Å². The van der Waals surface area contributed by atoms with Gasteiger partial charge in [0.2, 0.25) is 0 Å². The zero-order chi connectivity index (χ0) is 15.5. The highest BCUT2D eigenvalue weighted by Crippen LogP contribution is 2.30. The molecular weight excluding hydrogens is 338 g/mol. The number of halogens is 1. The van der Waals surface area contributed by atoms with Crippen molar-refractivity contribution in [3.63, 3.8) is 0 Å². The Hall–Kier alpha value is -1.76. The standard InChI is InChI=1S/C14H18BrN3O3/c15-9-4-5-10(11(19)8-9)12(20)17-14(13(16)18-21)6-2-1-3-7-14/h4-5,8,19,21H,1-3,6-7H2,(H2,16,18)(H,17,20). The molecule has 1 amide bonds. The number of carbonyl (C=O) groups excluding carboxylic acids is 1. The maximum Gasteiger partial charge on any atom is 0.255 e. The number of hydrogen-bond acceptors (Lipinski definition) is 4. The first-order chi connectivity index (χ1) is 9.98. The van der Waals surface area contributed by atoms with Crippen LogP contribution in [0.5, 0.6) is 5.75 Å². The molecule has 0 bridgehead atoms. The SMILES string of the molecule is NC(=NO)C1(NC(=O)c2ccc(Br)cc2O)CCCCC1. The van der Waals surface area contributed by atoms with Gasteiger partial charge in [0.25, 0.3) is 5.91 Å². The molecule has 21 heavy (non-hydrogen) atoms. The first-order valence-corrected chi connectivity index (χ1v) is 7.57. The van der Waals surface area contributed by atoms with Crippen LogP contribution in [0.2, 0.25) is 0 Å². The van der Waals surface area contributed by atoms with Gasteiger partial charge in [-0.2, -0.15) is 0 Å². The van der Waals surface area contributed by atoms with Crippen LogP contribution in [-0.2, 0) is 0 Å². The number of aromatic hydroxyl groups is 1. The predicted molar refractivity (Wildman–Crippen MR) is 82.5 cm³/mol. The Kier molecular flexibility index (Phi) is 4.72. The minimum atomic E-state index is -0.844. The number of phenols is 1. The summed E-state index contributed by atoms with van der Waals surface area (Å²) in [6.07, 6.45) is 4.07. The zero-order valence-electron chi connectivity index (χ0n) is 11.5. The summed E-state index contributed by atoms with van der Waals surface area (Å²) >= 11 is 3.23. The Balaban J connectivity index is 2.26. The number of nitrogens with two attached hydrogens (primary N) is 1. The lowest BCUT2D eigenvalue weighted by atomic mass is 9.80. The van der Waals surface area contributed by atoms with E-state index in [4.69, 9.17) is 10.9 Å². The summed E-state index contributed by atoms with van der Waals surface area (Å²) in [5.74, 6) is -0.548. The monoisotopic (exact) mass is 355 g/mol. The fourth-order valence-corrected chi connectivity index (χ4v) is 3.03. The Labute approximate surface area is 131 Å². The maximum absolute atomic E-state index is 12.4. The van der Waals surface area contributed by atoms with Crippen molar-refractivity contribution in [3.05, 3.63) is 28.2 Å². The van der Waals surface area contributed by atoms with Crippen LogP contribution in [0.4, 0.5) is 0 Å². The number of nitrogens with one attached hydrogen (secondary N) is 1. The summed E-state index contributed by atoms with van der Waals surface area (Å²) in [4.78, 5) is 12.4. The van der Waals surface area contributed by atoms with E-state index in [-0.39, 0.29) is 17.1 Å². The van der Waals surface area contributed by atoms with Crippen LogP contribution in [0, 0.1) is 0 Å². The molecule has 0 aromatic heterocycles. The molecule has 0 radical (unpaired) electrons. The van der Waals surface area contributed by atoms with E-state index < -0.39 is 11.4 Å². The van der Waals surface area contributed by atoms with Crippen LogP contribution in [0.3, 0.4) is 0 Å². The first kappa shape index (κ1) is 15.6. The molecule has 1 aromatic carbocycles. The maximum atomic E-state index is 12.4. The predicted octanol–water partition coefficient (Wildman–Crippen LogP) is 2.33. The van der Waals surface area contributed by atoms with Gasteiger partial charge in [0, 0.05) is 4.47 Å². The Morgan fingerprint density at radius 1 is 1.33 bits per heavy atom. The molecule has 7 heteroatoms. The van der Waals surface area contributed by atoms with E-state index >= 15 is 0 Å². The summed E-state index contributed by atoms with van der Waals surface area (Å²) < 4.78 is 0.681. The Morgan fingerprint density at radius 2 is 2.00 bits per heavy atom. The number of hydrogen-bond donors (Lipinski definition) is 4. The van der Waals surface area contributed by atoms with Gasteiger partial charge in [0.1, 0.15) is 11.3 Å². The van der Waals surface area contributed by atoms with E-state index in [9.17, 15) is 9.90 Å². The quantitative estimate of drug-likeness (QED) is 0.288. The molecule has 1 saturated carbocycles. The summed E-state index contributed by atoms with van der Waals surface area (Å²) in [5, 5.41) is 24.8. The number of amidine groups is 1. The van der Waals surface area contributed by atoms with Crippen molar-refractivity contribution in [1.29, 1.82) is 0 Å². The molecule has 0 spiro atoms. The third-order valence-corrected chi connectivity index (χ3v) is 4.36. The van der Waals surface area contributed by atoms with Crippen LogP contribution in [0.1, 0.15) is 42.5 Å². The molecule has 0 saturated heterocycles. The smallest absolute Gasteiger partial charge is 0.255 e. The first-order valence-electron chi connectivity index (χ1n) is 6.77. The van der Waals surface area contributed by atoms with Crippen molar-refractivity contribution in [3.8, 4) is 5.75 Å². The fourth-order valence-electron chi connectivity index (χ4n) is 2.68. The largest absolute Gasteiger partial charge is 0.507 e. The molecule has 1 aromatic rings. The van der Waals surface area contributed by atoms with Crippen LogP contribution < -0.4 is 11.1 Å². The number of carbonyl (C=O) groups is 1. The molecule has 1 aliphatic carbocycles.